The van der Waals surface area contributed by atoms with Gasteiger partial charge in [0.15, 0.2) is 0 Å². The number of aromatic amines is 1. The van der Waals surface area contributed by atoms with Gasteiger partial charge in [0.2, 0.25) is 0 Å². The molecule has 0 aliphatic carbocycles. The van der Waals surface area contributed by atoms with Crippen molar-refractivity contribution in [3.63, 3.8) is 0 Å². The first-order valence-corrected chi connectivity index (χ1v) is 8.63. The lowest BCUT2D eigenvalue weighted by atomic mass is 10.2. The fraction of sp³-hybridized carbons (Fsp3) is 0.250. The highest BCUT2D eigenvalue weighted by atomic mass is 19.1. The molecule has 0 amide bonds. The number of fused-ring (bicyclic) bond motifs is 2. The number of imidazole rings is 1. The van der Waals surface area contributed by atoms with E-state index in [-0.39, 0.29) is 11.9 Å². The molecule has 1 aliphatic rings. The molecule has 3 heterocycles. The highest BCUT2D eigenvalue weighted by Gasteiger charge is 2.29. The fourth-order valence-corrected chi connectivity index (χ4v) is 3.80. The Balaban J connectivity index is 1.43. The molecule has 5 rings (SSSR count). The SMILES string of the molecule is Fc1ccc2oc(CN3CCC[C@@H]3c3nc4ccccc4[nH]3)cc2c1. The molecule has 0 radical (unpaired) electrons. The number of hydrogen-bond acceptors (Lipinski definition) is 3. The number of benzene rings is 2. The van der Waals surface area contributed by atoms with Gasteiger partial charge in [0, 0.05) is 5.39 Å². The summed E-state index contributed by atoms with van der Waals surface area (Å²) in [7, 11) is 0. The Bertz CT molecular complexity index is 1020. The molecule has 4 nitrogen and oxygen atoms in total. The third-order valence-corrected chi connectivity index (χ3v) is 4.98. The van der Waals surface area contributed by atoms with Gasteiger partial charge >= 0.3 is 0 Å². The molecule has 0 spiro atoms. The van der Waals surface area contributed by atoms with Crippen molar-refractivity contribution in [3.05, 3.63) is 65.9 Å². The van der Waals surface area contributed by atoms with E-state index >= 15 is 0 Å². The van der Waals surface area contributed by atoms with E-state index in [1.165, 1.54) is 12.1 Å². The second-order valence-corrected chi connectivity index (χ2v) is 6.66. The molecule has 2 aromatic heterocycles. The molecule has 2 aromatic carbocycles. The first-order valence-electron chi connectivity index (χ1n) is 8.63. The fourth-order valence-electron chi connectivity index (χ4n) is 3.80. The molecule has 0 saturated carbocycles. The van der Waals surface area contributed by atoms with Crippen molar-refractivity contribution in [2.24, 2.45) is 0 Å². The largest absolute Gasteiger partial charge is 0.460 e. The first kappa shape index (κ1) is 14.7. The number of furan rings is 1. The van der Waals surface area contributed by atoms with Gasteiger partial charge in [0.1, 0.15) is 23.0 Å². The average Bonchev–Trinajstić information content (AvgIpc) is 3.31. The molecule has 126 valence electrons. The monoisotopic (exact) mass is 335 g/mol. The number of nitrogens with one attached hydrogen (secondary N) is 1. The van der Waals surface area contributed by atoms with Crippen LogP contribution in [0.3, 0.4) is 0 Å². The Morgan fingerprint density at radius 1 is 1.20 bits per heavy atom. The minimum atomic E-state index is -0.235. The minimum Gasteiger partial charge on any atom is -0.460 e. The highest BCUT2D eigenvalue weighted by Crippen LogP contribution is 2.33. The van der Waals surface area contributed by atoms with Gasteiger partial charge in [-0.15, -0.1) is 0 Å². The quantitative estimate of drug-likeness (QED) is 0.586. The maximum absolute atomic E-state index is 13.4. The Hall–Kier alpha value is -2.66. The van der Waals surface area contributed by atoms with E-state index in [1.54, 1.807) is 6.07 Å². The summed E-state index contributed by atoms with van der Waals surface area (Å²) in [5, 5.41) is 0.814. The molecular formula is C20H18FN3O. The van der Waals surface area contributed by atoms with Crippen molar-refractivity contribution in [2.45, 2.75) is 25.4 Å². The molecule has 1 N–H and O–H groups in total. The number of hydrogen-bond donors (Lipinski definition) is 1. The summed E-state index contributed by atoms with van der Waals surface area (Å²) in [6.07, 6.45) is 2.21. The predicted octanol–water partition coefficient (Wildman–Crippen LogP) is 4.79. The molecule has 0 bridgehead atoms. The number of rotatable bonds is 3. The van der Waals surface area contributed by atoms with Crippen LogP contribution >= 0.6 is 0 Å². The standard InChI is InChI=1S/C20H18FN3O/c21-14-7-8-19-13(10-14)11-15(25-19)12-24-9-3-6-18(24)20-22-16-4-1-2-5-17(16)23-20/h1-2,4-5,7-8,10-11,18H,3,6,9,12H2,(H,22,23)/t18-/m1/s1. The number of nitrogens with zero attached hydrogens (tertiary/aromatic N) is 2. The summed E-state index contributed by atoms with van der Waals surface area (Å²) in [5.41, 5.74) is 2.81. The van der Waals surface area contributed by atoms with Crippen LogP contribution in [0, 0.1) is 5.82 Å². The van der Waals surface area contributed by atoms with Crippen LogP contribution in [0.25, 0.3) is 22.0 Å². The summed E-state index contributed by atoms with van der Waals surface area (Å²) >= 11 is 0. The van der Waals surface area contributed by atoms with Crippen molar-refractivity contribution < 1.29 is 8.81 Å². The van der Waals surface area contributed by atoms with E-state index in [1.807, 2.05) is 24.3 Å². The average molecular weight is 335 g/mol. The van der Waals surface area contributed by atoms with Gasteiger partial charge in [-0.25, -0.2) is 9.37 Å². The molecule has 1 fully saturated rings. The normalized spacial score (nSPS) is 18.5. The van der Waals surface area contributed by atoms with E-state index < -0.39 is 0 Å². The van der Waals surface area contributed by atoms with Gasteiger partial charge in [-0.2, -0.15) is 0 Å². The van der Waals surface area contributed by atoms with E-state index in [2.05, 4.69) is 16.0 Å². The summed E-state index contributed by atoms with van der Waals surface area (Å²) in [6.45, 7) is 1.71. The topological polar surface area (TPSA) is 45.1 Å². The summed E-state index contributed by atoms with van der Waals surface area (Å²) in [4.78, 5) is 10.6. The van der Waals surface area contributed by atoms with Crippen LogP contribution in [0.15, 0.2) is 52.9 Å². The Kier molecular flexibility index (Phi) is 3.35. The van der Waals surface area contributed by atoms with E-state index in [0.717, 1.165) is 53.0 Å². The summed E-state index contributed by atoms with van der Waals surface area (Å²) in [6, 6.07) is 14.9. The second kappa shape index (κ2) is 5.70. The number of aromatic nitrogens is 2. The van der Waals surface area contributed by atoms with Crippen LogP contribution in [0.2, 0.25) is 0 Å². The molecule has 4 aromatic rings. The van der Waals surface area contributed by atoms with E-state index in [0.29, 0.717) is 6.54 Å². The van der Waals surface area contributed by atoms with Gasteiger partial charge in [-0.05, 0) is 55.8 Å². The Morgan fingerprint density at radius 2 is 2.12 bits per heavy atom. The Morgan fingerprint density at radius 3 is 3.04 bits per heavy atom. The third-order valence-electron chi connectivity index (χ3n) is 4.98. The molecule has 1 saturated heterocycles. The molecule has 25 heavy (non-hydrogen) atoms. The lowest BCUT2D eigenvalue weighted by Crippen LogP contribution is -2.23. The first-order chi connectivity index (χ1) is 12.3. The van der Waals surface area contributed by atoms with Crippen molar-refractivity contribution in [2.75, 3.05) is 6.54 Å². The zero-order valence-electron chi connectivity index (χ0n) is 13.7. The van der Waals surface area contributed by atoms with Crippen LogP contribution in [-0.2, 0) is 6.54 Å². The second-order valence-electron chi connectivity index (χ2n) is 6.66. The van der Waals surface area contributed by atoms with E-state index in [9.17, 15) is 4.39 Å². The molecule has 1 aliphatic heterocycles. The summed E-state index contributed by atoms with van der Waals surface area (Å²) in [5.74, 6) is 1.64. The van der Waals surface area contributed by atoms with E-state index in [4.69, 9.17) is 9.40 Å². The van der Waals surface area contributed by atoms with Crippen LogP contribution in [0.5, 0.6) is 0 Å². The van der Waals surface area contributed by atoms with Gasteiger partial charge in [-0.1, -0.05) is 12.1 Å². The van der Waals surface area contributed by atoms with Gasteiger partial charge in [-0.3, -0.25) is 4.90 Å². The molecule has 1 atom stereocenters. The zero-order valence-corrected chi connectivity index (χ0v) is 13.7. The maximum atomic E-state index is 13.4. The Labute approximate surface area is 144 Å². The van der Waals surface area contributed by atoms with Crippen molar-refractivity contribution >= 4 is 22.0 Å². The van der Waals surface area contributed by atoms with Crippen LogP contribution in [-0.4, -0.2) is 21.4 Å². The highest BCUT2D eigenvalue weighted by molar-refractivity contribution is 5.78. The maximum Gasteiger partial charge on any atom is 0.134 e. The number of H-pyrrole nitrogens is 1. The van der Waals surface area contributed by atoms with Crippen LogP contribution in [0.1, 0.15) is 30.5 Å². The molecule has 0 unspecified atom stereocenters. The number of para-hydroxylation sites is 2. The summed E-state index contributed by atoms with van der Waals surface area (Å²) < 4.78 is 19.3. The van der Waals surface area contributed by atoms with Gasteiger partial charge in [0.25, 0.3) is 0 Å². The van der Waals surface area contributed by atoms with Crippen molar-refractivity contribution in [1.29, 1.82) is 0 Å². The van der Waals surface area contributed by atoms with Crippen LogP contribution < -0.4 is 0 Å². The van der Waals surface area contributed by atoms with Gasteiger partial charge < -0.3 is 9.40 Å². The van der Waals surface area contributed by atoms with Crippen LogP contribution in [0.4, 0.5) is 4.39 Å². The van der Waals surface area contributed by atoms with Crippen molar-refractivity contribution in [3.8, 4) is 0 Å². The predicted molar refractivity (Wildman–Crippen MR) is 94.7 cm³/mol. The smallest absolute Gasteiger partial charge is 0.134 e. The molecule has 5 heteroatoms. The third kappa shape index (κ3) is 2.61. The number of halogens is 1. The van der Waals surface area contributed by atoms with Crippen molar-refractivity contribution in [1.82, 2.24) is 14.9 Å². The lowest BCUT2D eigenvalue weighted by molar-refractivity contribution is 0.224. The lowest BCUT2D eigenvalue weighted by Gasteiger charge is -2.21. The minimum absolute atomic E-state index is 0.235. The zero-order chi connectivity index (χ0) is 16.8. The van der Waals surface area contributed by atoms with Gasteiger partial charge in [0.05, 0.1) is 23.6 Å². The number of likely N-dealkylation sites (tertiary alicyclic amines) is 1. The molecular weight excluding hydrogens is 317 g/mol.